The number of halogens is 1. The minimum atomic E-state index is -4.13. The maximum Gasteiger partial charge on any atom is 0.264 e. The quantitative estimate of drug-likeness (QED) is 0.312. The molecular formula is C29H34ClN3O4S. The summed E-state index contributed by atoms with van der Waals surface area (Å²) in [5, 5.41) is 3.26. The van der Waals surface area contributed by atoms with Gasteiger partial charge in [-0.2, -0.15) is 0 Å². The summed E-state index contributed by atoms with van der Waals surface area (Å²) in [7, 11) is -4.13. The normalized spacial score (nSPS) is 12.0. The molecule has 3 aromatic carbocycles. The summed E-state index contributed by atoms with van der Waals surface area (Å²) in [6, 6.07) is 21.4. The third-order valence-corrected chi connectivity index (χ3v) is 8.49. The fraction of sp³-hybridized carbons (Fsp3) is 0.310. The lowest BCUT2D eigenvalue weighted by molar-refractivity contribution is -0.139. The van der Waals surface area contributed by atoms with E-state index in [1.807, 2.05) is 37.3 Å². The summed E-state index contributed by atoms with van der Waals surface area (Å²) in [6.07, 6.45) is 1.74. The number of amides is 2. The Balaban J connectivity index is 2.01. The smallest absolute Gasteiger partial charge is 0.264 e. The first-order valence-electron chi connectivity index (χ1n) is 12.6. The Hall–Kier alpha value is -3.36. The van der Waals surface area contributed by atoms with Crippen molar-refractivity contribution in [2.75, 3.05) is 17.4 Å². The van der Waals surface area contributed by atoms with Crippen LogP contribution in [0.1, 0.15) is 37.8 Å². The number of benzene rings is 3. The molecule has 0 spiro atoms. The van der Waals surface area contributed by atoms with E-state index in [-0.39, 0.29) is 17.3 Å². The van der Waals surface area contributed by atoms with E-state index in [1.165, 1.54) is 17.0 Å². The number of sulfonamides is 1. The van der Waals surface area contributed by atoms with Crippen molar-refractivity contribution in [2.24, 2.45) is 0 Å². The standard InChI is InChI=1S/C29H34ClN3O4S/c1-4-5-19-31-29(35)23(3)32(20-24-13-8-6-9-14-24)28(34)21-33(27-18-12-17-26(30)22(27)2)38(36,37)25-15-10-7-11-16-25/h6-18,23H,4-5,19-21H2,1-3H3,(H,31,35)/t23-/m1/s1. The van der Waals surface area contributed by atoms with E-state index in [9.17, 15) is 18.0 Å². The molecule has 38 heavy (non-hydrogen) atoms. The maximum absolute atomic E-state index is 13.9. The molecule has 1 N–H and O–H groups in total. The summed E-state index contributed by atoms with van der Waals surface area (Å²) in [5.41, 5.74) is 1.65. The molecule has 0 aliphatic rings. The molecule has 0 bridgehead atoms. The molecule has 0 aliphatic carbocycles. The highest BCUT2D eigenvalue weighted by molar-refractivity contribution is 7.92. The fourth-order valence-corrected chi connectivity index (χ4v) is 5.66. The van der Waals surface area contributed by atoms with Gasteiger partial charge in [-0.15, -0.1) is 0 Å². The van der Waals surface area contributed by atoms with Crippen LogP contribution in [0, 0.1) is 6.92 Å². The van der Waals surface area contributed by atoms with Crippen molar-refractivity contribution in [3.63, 3.8) is 0 Å². The van der Waals surface area contributed by atoms with Gasteiger partial charge in [0.2, 0.25) is 11.8 Å². The molecule has 3 rings (SSSR count). The van der Waals surface area contributed by atoms with Crippen LogP contribution >= 0.6 is 11.6 Å². The van der Waals surface area contributed by atoms with Crippen LogP contribution in [0.2, 0.25) is 5.02 Å². The largest absolute Gasteiger partial charge is 0.354 e. The predicted molar refractivity (Wildman–Crippen MR) is 152 cm³/mol. The number of rotatable bonds is 12. The van der Waals surface area contributed by atoms with Gasteiger partial charge >= 0.3 is 0 Å². The number of nitrogens with zero attached hydrogens (tertiary/aromatic N) is 2. The molecule has 0 aliphatic heterocycles. The fourth-order valence-electron chi connectivity index (χ4n) is 4.00. The Morgan fingerprint density at radius 2 is 1.58 bits per heavy atom. The Morgan fingerprint density at radius 3 is 2.21 bits per heavy atom. The number of carbonyl (C=O) groups is 2. The lowest BCUT2D eigenvalue weighted by Gasteiger charge is -2.32. The Bertz CT molecular complexity index is 1330. The summed E-state index contributed by atoms with van der Waals surface area (Å²) in [6.45, 7) is 5.54. The first-order valence-corrected chi connectivity index (χ1v) is 14.4. The number of unbranched alkanes of at least 4 members (excludes halogenated alkanes) is 1. The van der Waals surface area contributed by atoms with E-state index < -0.39 is 28.5 Å². The predicted octanol–water partition coefficient (Wildman–Crippen LogP) is 5.18. The number of hydrogen-bond donors (Lipinski definition) is 1. The second-order valence-corrected chi connectivity index (χ2v) is 11.3. The van der Waals surface area contributed by atoms with Crippen LogP contribution in [-0.2, 0) is 26.2 Å². The lowest BCUT2D eigenvalue weighted by Crippen LogP contribution is -2.51. The molecule has 0 fully saturated rings. The van der Waals surface area contributed by atoms with E-state index >= 15 is 0 Å². The van der Waals surface area contributed by atoms with Gasteiger partial charge in [-0.05, 0) is 55.7 Å². The van der Waals surface area contributed by atoms with E-state index in [1.54, 1.807) is 50.2 Å². The first-order chi connectivity index (χ1) is 18.2. The Kier molecular flexibility index (Phi) is 10.3. The maximum atomic E-state index is 13.9. The van der Waals surface area contributed by atoms with Gasteiger partial charge < -0.3 is 10.2 Å². The molecule has 2 amide bonds. The van der Waals surface area contributed by atoms with Crippen LogP contribution in [0.15, 0.2) is 83.8 Å². The van der Waals surface area contributed by atoms with Gasteiger partial charge in [-0.1, -0.05) is 79.5 Å². The highest BCUT2D eigenvalue weighted by Crippen LogP contribution is 2.31. The molecule has 202 valence electrons. The van der Waals surface area contributed by atoms with E-state index in [0.717, 1.165) is 22.7 Å². The van der Waals surface area contributed by atoms with Gasteiger partial charge in [0.05, 0.1) is 10.6 Å². The number of hydrogen-bond acceptors (Lipinski definition) is 4. The van der Waals surface area contributed by atoms with Gasteiger partial charge in [0.15, 0.2) is 0 Å². The molecular weight excluding hydrogens is 522 g/mol. The average molecular weight is 556 g/mol. The zero-order valence-corrected chi connectivity index (χ0v) is 23.5. The summed E-state index contributed by atoms with van der Waals surface area (Å²) in [4.78, 5) is 28.3. The van der Waals surface area contributed by atoms with Crippen molar-refractivity contribution < 1.29 is 18.0 Å². The summed E-state index contributed by atoms with van der Waals surface area (Å²) in [5.74, 6) is -0.801. The molecule has 0 saturated carbocycles. The summed E-state index contributed by atoms with van der Waals surface area (Å²) >= 11 is 6.34. The van der Waals surface area contributed by atoms with Crippen molar-refractivity contribution in [3.8, 4) is 0 Å². The Morgan fingerprint density at radius 1 is 0.947 bits per heavy atom. The van der Waals surface area contributed by atoms with Gasteiger partial charge in [0.25, 0.3) is 10.0 Å². The van der Waals surface area contributed by atoms with Crippen LogP contribution < -0.4 is 9.62 Å². The third kappa shape index (κ3) is 7.14. The second-order valence-electron chi connectivity index (χ2n) is 9.04. The highest BCUT2D eigenvalue weighted by atomic mass is 35.5. The van der Waals surface area contributed by atoms with Crippen molar-refractivity contribution in [2.45, 2.75) is 51.1 Å². The zero-order chi connectivity index (χ0) is 27.7. The molecule has 0 heterocycles. The lowest BCUT2D eigenvalue weighted by atomic mass is 10.1. The summed E-state index contributed by atoms with van der Waals surface area (Å²) < 4.78 is 28.7. The van der Waals surface area contributed by atoms with Crippen molar-refractivity contribution in [1.82, 2.24) is 10.2 Å². The van der Waals surface area contributed by atoms with Crippen molar-refractivity contribution in [1.29, 1.82) is 0 Å². The molecule has 0 unspecified atom stereocenters. The molecule has 1 atom stereocenters. The monoisotopic (exact) mass is 555 g/mol. The second kappa shape index (κ2) is 13.4. The van der Waals surface area contributed by atoms with Gasteiger partial charge in [-0.25, -0.2) is 8.42 Å². The van der Waals surface area contributed by atoms with E-state index in [0.29, 0.717) is 22.8 Å². The number of carbonyl (C=O) groups excluding carboxylic acids is 2. The first kappa shape index (κ1) is 29.2. The van der Waals surface area contributed by atoms with E-state index in [4.69, 9.17) is 11.6 Å². The third-order valence-electron chi connectivity index (χ3n) is 6.31. The minimum Gasteiger partial charge on any atom is -0.354 e. The molecule has 3 aromatic rings. The number of nitrogens with one attached hydrogen (secondary N) is 1. The van der Waals surface area contributed by atoms with E-state index in [2.05, 4.69) is 5.32 Å². The molecule has 9 heteroatoms. The number of anilines is 1. The van der Waals surface area contributed by atoms with Gasteiger partial charge in [-0.3, -0.25) is 13.9 Å². The van der Waals surface area contributed by atoms with Gasteiger partial charge in [0, 0.05) is 18.1 Å². The van der Waals surface area contributed by atoms with Crippen LogP contribution in [0.3, 0.4) is 0 Å². The average Bonchev–Trinajstić information content (AvgIpc) is 2.92. The molecule has 0 aromatic heterocycles. The van der Waals surface area contributed by atoms with Gasteiger partial charge in [0.1, 0.15) is 12.6 Å². The van der Waals surface area contributed by atoms with Crippen molar-refractivity contribution >= 4 is 39.1 Å². The Labute approximate surface area is 230 Å². The molecule has 0 saturated heterocycles. The SMILES string of the molecule is CCCCNC(=O)[C@@H](C)N(Cc1ccccc1)C(=O)CN(c1cccc(Cl)c1C)S(=O)(=O)c1ccccc1. The topological polar surface area (TPSA) is 86.8 Å². The molecule has 0 radical (unpaired) electrons. The van der Waals surface area contributed by atoms with Crippen LogP contribution in [0.4, 0.5) is 5.69 Å². The molecule has 7 nitrogen and oxygen atoms in total. The van der Waals surface area contributed by atoms with Crippen LogP contribution in [0.25, 0.3) is 0 Å². The zero-order valence-electron chi connectivity index (χ0n) is 21.9. The minimum absolute atomic E-state index is 0.0483. The van der Waals surface area contributed by atoms with Crippen molar-refractivity contribution in [3.05, 3.63) is 95.0 Å². The van der Waals surface area contributed by atoms with Crippen LogP contribution in [-0.4, -0.2) is 44.3 Å². The highest BCUT2D eigenvalue weighted by Gasteiger charge is 2.33. The van der Waals surface area contributed by atoms with Crippen LogP contribution in [0.5, 0.6) is 0 Å².